The third-order valence-electron chi connectivity index (χ3n) is 7.41. The summed E-state index contributed by atoms with van der Waals surface area (Å²) in [5.41, 5.74) is 1.75. The molecule has 0 aromatic carbocycles. The fraction of sp³-hybridized carbons (Fsp3) is 0.464. The predicted octanol–water partition coefficient (Wildman–Crippen LogP) is 3.12. The number of nitrogens with zero attached hydrogens (tertiary/aromatic N) is 4. The summed E-state index contributed by atoms with van der Waals surface area (Å²) < 4.78 is 72.7. The number of fused-ring (bicyclic) bond motifs is 1. The Morgan fingerprint density at radius 3 is 2.17 bits per heavy atom. The van der Waals surface area contributed by atoms with E-state index >= 15 is 0 Å². The van der Waals surface area contributed by atoms with Gasteiger partial charge in [0.05, 0.1) is 29.4 Å². The summed E-state index contributed by atoms with van der Waals surface area (Å²) in [6.07, 6.45) is -6.21. The van der Waals surface area contributed by atoms with E-state index in [2.05, 4.69) is 21.3 Å². The first-order valence-electron chi connectivity index (χ1n) is 14.1. The highest BCUT2D eigenvalue weighted by atomic mass is 32.2. The van der Waals surface area contributed by atoms with Crippen LogP contribution in [0, 0.1) is 0 Å². The number of pyridine rings is 3. The van der Waals surface area contributed by atoms with Crippen molar-refractivity contribution in [2.24, 2.45) is 0 Å². The average Bonchev–Trinajstić information content (AvgIpc) is 3.40. The van der Waals surface area contributed by atoms with Crippen molar-refractivity contribution in [1.82, 2.24) is 24.3 Å². The Kier molecular flexibility index (Phi) is 11.2. The summed E-state index contributed by atoms with van der Waals surface area (Å²) in [5.74, 6) is -3.63. The van der Waals surface area contributed by atoms with Crippen LogP contribution in [0.1, 0.15) is 24.6 Å². The molecule has 0 radical (unpaired) electrons. The Hall–Kier alpha value is -4.10. The highest BCUT2D eigenvalue weighted by Gasteiger charge is 2.39. The molecular formula is C28H29F6N5O7S. The van der Waals surface area contributed by atoms with Gasteiger partial charge in [-0.25, -0.2) is 9.59 Å². The Labute approximate surface area is 265 Å². The molecule has 0 amide bonds. The molecule has 3 aliphatic rings. The molecule has 1 fully saturated rings. The van der Waals surface area contributed by atoms with Crippen molar-refractivity contribution in [3.63, 3.8) is 0 Å². The minimum Gasteiger partial charge on any atom is -0.490 e. The standard InChI is InChI=1S/C24H27N5O3S.2C2HF3O2/c30-22-3-1-16-2-4-23(31)29-19(15-28(22)24(16)29)14-27-7-5-17(6-8-27)25-12-18-11-21-20(13-26-18)32-9-10-33-21;2*3-2(4,5)1(6)7/h1-4,11,13,17,19,25H,5-10,12,14-15H2;2*(H,6,7)/t19-;;/m1../s1. The molecule has 3 aromatic heterocycles. The second-order valence-electron chi connectivity index (χ2n) is 10.6. The van der Waals surface area contributed by atoms with Gasteiger partial charge in [0.2, 0.25) is 0 Å². The molecule has 0 aliphatic carbocycles. The fourth-order valence-corrected chi connectivity index (χ4v) is 6.10. The molecule has 0 bridgehead atoms. The van der Waals surface area contributed by atoms with Crippen LogP contribution in [0.5, 0.6) is 5.75 Å². The normalized spacial score (nSPS) is 17.9. The van der Waals surface area contributed by atoms with Gasteiger partial charge in [0.25, 0.3) is 11.1 Å². The number of halogens is 6. The molecule has 19 heteroatoms. The molecule has 6 heterocycles. The van der Waals surface area contributed by atoms with Crippen molar-refractivity contribution in [3.8, 4) is 5.75 Å². The van der Waals surface area contributed by atoms with E-state index in [1.165, 1.54) is 4.90 Å². The van der Waals surface area contributed by atoms with Gasteiger partial charge in [-0.3, -0.25) is 23.7 Å². The van der Waals surface area contributed by atoms with Crippen molar-refractivity contribution in [3.05, 3.63) is 62.9 Å². The minimum atomic E-state index is -5.08. The molecule has 0 unspecified atom stereocenters. The zero-order chi connectivity index (χ0) is 34.5. The van der Waals surface area contributed by atoms with Gasteiger partial charge in [0, 0.05) is 48.9 Å². The van der Waals surface area contributed by atoms with Crippen molar-refractivity contribution in [1.29, 1.82) is 0 Å². The SMILES string of the molecule is O=C(O)C(F)(F)F.O=C(O)C(F)(F)F.O=c1ccc2ccc(=O)n3c2n1C[C@H]3CN1CCC(NCc2cc3c(cn2)OCCS3)CC1. The van der Waals surface area contributed by atoms with E-state index in [1.807, 2.05) is 34.7 Å². The highest BCUT2D eigenvalue weighted by Crippen LogP contribution is 2.32. The van der Waals surface area contributed by atoms with E-state index in [0.29, 0.717) is 12.6 Å². The lowest BCUT2D eigenvalue weighted by Crippen LogP contribution is -2.44. The number of alkyl halides is 6. The number of piperidine rings is 1. The molecule has 0 saturated carbocycles. The van der Waals surface area contributed by atoms with Gasteiger partial charge < -0.3 is 25.2 Å². The maximum Gasteiger partial charge on any atom is 0.490 e. The molecule has 3 aliphatic heterocycles. The van der Waals surface area contributed by atoms with Gasteiger partial charge in [-0.1, -0.05) is 0 Å². The first-order valence-corrected chi connectivity index (χ1v) is 15.1. The second-order valence-corrected chi connectivity index (χ2v) is 11.8. The van der Waals surface area contributed by atoms with Gasteiger partial charge in [-0.2, -0.15) is 26.3 Å². The number of ether oxygens (including phenoxy) is 1. The predicted molar refractivity (Wildman–Crippen MR) is 156 cm³/mol. The minimum absolute atomic E-state index is 0.000207. The highest BCUT2D eigenvalue weighted by molar-refractivity contribution is 7.99. The van der Waals surface area contributed by atoms with Gasteiger partial charge in [-0.15, -0.1) is 11.8 Å². The second kappa shape index (κ2) is 14.8. The molecule has 1 atom stereocenters. The number of carboxylic acid groups (broad SMARTS) is 2. The molecule has 3 N–H and O–H groups in total. The van der Waals surface area contributed by atoms with Crippen LogP contribution in [0.15, 0.2) is 51.0 Å². The van der Waals surface area contributed by atoms with Crippen LogP contribution >= 0.6 is 11.8 Å². The van der Waals surface area contributed by atoms with E-state index < -0.39 is 24.3 Å². The number of hydrogen-bond donors (Lipinski definition) is 3. The van der Waals surface area contributed by atoms with Crippen molar-refractivity contribution >= 4 is 34.7 Å². The third-order valence-corrected chi connectivity index (χ3v) is 8.42. The van der Waals surface area contributed by atoms with Gasteiger partial charge in [0.1, 0.15) is 5.65 Å². The molecule has 0 spiro atoms. The summed E-state index contributed by atoms with van der Waals surface area (Å²) in [4.78, 5) is 50.9. The maximum atomic E-state index is 12.6. The fourth-order valence-electron chi connectivity index (χ4n) is 5.24. The quantitative estimate of drug-likeness (QED) is 0.338. The maximum absolute atomic E-state index is 12.6. The molecular weight excluding hydrogens is 664 g/mol. The smallest absolute Gasteiger partial charge is 0.490 e. The van der Waals surface area contributed by atoms with Crippen LogP contribution < -0.4 is 21.2 Å². The first kappa shape index (κ1) is 35.7. The Balaban J connectivity index is 0.000000301. The van der Waals surface area contributed by atoms with E-state index in [1.54, 1.807) is 16.7 Å². The van der Waals surface area contributed by atoms with Crippen molar-refractivity contribution in [2.45, 2.75) is 55.3 Å². The number of likely N-dealkylation sites (tertiary alicyclic amines) is 1. The largest absolute Gasteiger partial charge is 0.490 e. The lowest BCUT2D eigenvalue weighted by molar-refractivity contribution is -0.193. The van der Waals surface area contributed by atoms with Crippen LogP contribution in [0.25, 0.3) is 11.0 Å². The van der Waals surface area contributed by atoms with Crippen molar-refractivity contribution < 1.29 is 50.9 Å². The number of aliphatic carboxylic acids is 2. The molecule has 256 valence electrons. The zero-order valence-corrected chi connectivity index (χ0v) is 25.2. The Morgan fingerprint density at radius 1 is 0.979 bits per heavy atom. The Morgan fingerprint density at radius 2 is 1.57 bits per heavy atom. The van der Waals surface area contributed by atoms with E-state index in [-0.39, 0.29) is 17.2 Å². The topological polar surface area (TPSA) is 156 Å². The number of carbonyl (C=O) groups is 2. The first-order chi connectivity index (χ1) is 22.0. The summed E-state index contributed by atoms with van der Waals surface area (Å²) >= 11 is 1.83. The molecule has 1 saturated heterocycles. The summed E-state index contributed by atoms with van der Waals surface area (Å²) in [6, 6.07) is 9.43. The number of rotatable bonds is 5. The monoisotopic (exact) mass is 693 g/mol. The molecule has 6 rings (SSSR count). The van der Waals surface area contributed by atoms with Crippen LogP contribution in [0.2, 0.25) is 0 Å². The number of hydrogen-bond acceptors (Lipinski definition) is 9. The van der Waals surface area contributed by atoms with Crippen LogP contribution in [-0.4, -0.2) is 91.6 Å². The van der Waals surface area contributed by atoms with Gasteiger partial charge in [-0.05, 0) is 44.1 Å². The van der Waals surface area contributed by atoms with E-state index in [9.17, 15) is 35.9 Å². The molecule has 12 nitrogen and oxygen atoms in total. The summed E-state index contributed by atoms with van der Waals surface area (Å²) in [6.45, 7) is 4.83. The number of thioether (sulfide) groups is 1. The lowest BCUT2D eigenvalue weighted by atomic mass is 10.0. The van der Waals surface area contributed by atoms with Gasteiger partial charge >= 0.3 is 24.3 Å². The third kappa shape index (κ3) is 9.25. The lowest BCUT2D eigenvalue weighted by Gasteiger charge is -2.34. The van der Waals surface area contributed by atoms with E-state index in [4.69, 9.17) is 24.5 Å². The Bertz CT molecular complexity index is 1690. The van der Waals surface area contributed by atoms with Crippen LogP contribution in [-0.2, 0) is 22.7 Å². The van der Waals surface area contributed by atoms with Crippen LogP contribution in [0.4, 0.5) is 26.3 Å². The number of aromatic nitrogens is 3. The number of nitrogens with one attached hydrogen (secondary N) is 1. The van der Waals surface area contributed by atoms with Gasteiger partial charge in [0.15, 0.2) is 5.75 Å². The summed E-state index contributed by atoms with van der Waals surface area (Å²) in [7, 11) is 0. The average molecular weight is 694 g/mol. The van der Waals surface area contributed by atoms with E-state index in [0.717, 1.165) is 73.9 Å². The van der Waals surface area contributed by atoms with Crippen molar-refractivity contribution in [2.75, 3.05) is 32.0 Å². The summed E-state index contributed by atoms with van der Waals surface area (Å²) in [5, 5.41) is 18.9. The van der Waals surface area contributed by atoms with Crippen LogP contribution in [0.3, 0.4) is 0 Å². The molecule has 3 aromatic rings. The zero-order valence-electron chi connectivity index (χ0n) is 24.4. The number of carboxylic acids is 2. The molecule has 47 heavy (non-hydrogen) atoms.